The van der Waals surface area contributed by atoms with Crippen molar-refractivity contribution in [1.82, 2.24) is 9.97 Å². The number of nitrogens with two attached hydrogens (primary N) is 1. The summed E-state index contributed by atoms with van der Waals surface area (Å²) in [6.45, 7) is 5.10. The monoisotopic (exact) mass is 240 g/mol. The summed E-state index contributed by atoms with van der Waals surface area (Å²) in [6.07, 6.45) is 1.57. The van der Waals surface area contributed by atoms with Crippen LogP contribution in [0.5, 0.6) is 5.88 Å². The molecule has 3 N–H and O–H groups in total. The number of hydrogen-bond acceptors (Lipinski definition) is 6. The predicted octanol–water partition coefficient (Wildman–Crippen LogP) is 1.05. The van der Waals surface area contributed by atoms with E-state index in [1.807, 2.05) is 13.8 Å². The number of aryl methyl sites for hydroxylation is 1. The Morgan fingerprint density at radius 2 is 2.06 bits per heavy atom. The highest BCUT2D eigenvalue weighted by atomic mass is 16.5. The number of hydrazine groups is 1. The molecule has 1 heterocycles. The first-order chi connectivity index (χ1) is 8.22. The van der Waals surface area contributed by atoms with Crippen LogP contribution in [0.15, 0.2) is 0 Å². The molecule has 0 saturated carbocycles. The van der Waals surface area contributed by atoms with Crippen LogP contribution in [0.1, 0.15) is 24.7 Å². The summed E-state index contributed by atoms with van der Waals surface area (Å²) in [5, 5.41) is 0. The van der Waals surface area contributed by atoms with Crippen molar-refractivity contribution in [3.05, 3.63) is 11.4 Å². The summed E-state index contributed by atoms with van der Waals surface area (Å²) in [6, 6.07) is 0. The number of nitrogen functional groups attached to an aromatic ring is 1. The average molecular weight is 240 g/mol. The molecular formula is C11H20N4O2. The number of nitrogens with one attached hydrogen (secondary N) is 1. The highest BCUT2D eigenvalue weighted by Crippen LogP contribution is 2.21. The molecule has 0 amide bonds. The zero-order chi connectivity index (χ0) is 12.7. The van der Waals surface area contributed by atoms with E-state index in [-0.39, 0.29) is 0 Å². The van der Waals surface area contributed by atoms with Crippen molar-refractivity contribution < 1.29 is 9.47 Å². The van der Waals surface area contributed by atoms with E-state index in [0.717, 1.165) is 18.4 Å². The van der Waals surface area contributed by atoms with E-state index in [9.17, 15) is 0 Å². The molecule has 0 aliphatic rings. The van der Waals surface area contributed by atoms with Crippen LogP contribution in [0.2, 0.25) is 0 Å². The van der Waals surface area contributed by atoms with Crippen LogP contribution < -0.4 is 16.0 Å². The van der Waals surface area contributed by atoms with Crippen LogP contribution in [0.3, 0.4) is 0 Å². The van der Waals surface area contributed by atoms with Gasteiger partial charge < -0.3 is 14.9 Å². The molecule has 1 rings (SSSR count). The Bertz CT molecular complexity index is 358. The van der Waals surface area contributed by atoms with Gasteiger partial charge in [-0.05, 0) is 6.92 Å². The third-order valence-electron chi connectivity index (χ3n) is 2.33. The van der Waals surface area contributed by atoms with Gasteiger partial charge >= 0.3 is 0 Å². The second-order valence-corrected chi connectivity index (χ2v) is 3.61. The Morgan fingerprint density at radius 1 is 1.29 bits per heavy atom. The number of rotatable bonds is 7. The Labute approximate surface area is 102 Å². The molecule has 17 heavy (non-hydrogen) atoms. The summed E-state index contributed by atoms with van der Waals surface area (Å²) < 4.78 is 10.6. The van der Waals surface area contributed by atoms with E-state index >= 15 is 0 Å². The minimum Gasteiger partial charge on any atom is -0.477 e. The number of aromatic nitrogens is 2. The van der Waals surface area contributed by atoms with Crippen LogP contribution >= 0.6 is 0 Å². The molecular weight excluding hydrogens is 220 g/mol. The normalized spacial score (nSPS) is 10.4. The number of ether oxygens (including phenoxy) is 2. The van der Waals surface area contributed by atoms with Crippen LogP contribution in [-0.2, 0) is 11.2 Å². The van der Waals surface area contributed by atoms with Crippen LogP contribution in [-0.4, -0.2) is 30.3 Å². The number of nitrogens with zero attached hydrogens (tertiary/aromatic N) is 2. The molecule has 0 bridgehead atoms. The largest absolute Gasteiger partial charge is 0.477 e. The lowest BCUT2D eigenvalue weighted by molar-refractivity contribution is 0.170. The van der Waals surface area contributed by atoms with Crippen molar-refractivity contribution in [2.75, 3.05) is 25.7 Å². The molecule has 0 saturated heterocycles. The Hall–Kier alpha value is -1.40. The molecule has 0 radical (unpaired) electrons. The average Bonchev–Trinajstić information content (AvgIpc) is 2.36. The van der Waals surface area contributed by atoms with Crippen molar-refractivity contribution in [3.8, 4) is 5.88 Å². The van der Waals surface area contributed by atoms with E-state index in [4.69, 9.17) is 15.3 Å². The summed E-state index contributed by atoms with van der Waals surface area (Å²) in [5.74, 6) is 7.31. The minimum absolute atomic E-state index is 0.568. The Balaban J connectivity index is 2.75. The molecule has 1 aromatic rings. The zero-order valence-corrected chi connectivity index (χ0v) is 10.6. The van der Waals surface area contributed by atoms with Gasteiger partial charge in [-0.15, -0.1) is 0 Å². The van der Waals surface area contributed by atoms with Crippen LogP contribution in [0.25, 0.3) is 0 Å². The molecule has 0 aromatic carbocycles. The molecule has 1 aromatic heterocycles. The topological polar surface area (TPSA) is 82.3 Å². The maximum atomic E-state index is 5.60. The van der Waals surface area contributed by atoms with Crippen molar-refractivity contribution in [1.29, 1.82) is 0 Å². The maximum Gasteiger partial charge on any atom is 0.221 e. The molecule has 0 unspecified atom stereocenters. The van der Waals surface area contributed by atoms with E-state index in [1.165, 1.54) is 0 Å². The van der Waals surface area contributed by atoms with Gasteiger partial charge in [0.1, 0.15) is 11.6 Å². The van der Waals surface area contributed by atoms with Gasteiger partial charge in [0.05, 0.1) is 12.2 Å². The molecule has 0 aliphatic heterocycles. The van der Waals surface area contributed by atoms with Gasteiger partial charge in [0.2, 0.25) is 5.88 Å². The van der Waals surface area contributed by atoms with Crippen molar-refractivity contribution in [3.63, 3.8) is 0 Å². The molecule has 6 nitrogen and oxygen atoms in total. The lowest BCUT2D eigenvalue weighted by atomic mass is 10.3. The number of anilines is 1. The van der Waals surface area contributed by atoms with Gasteiger partial charge in [-0.1, -0.05) is 6.92 Å². The first-order valence-corrected chi connectivity index (χ1v) is 5.68. The predicted molar refractivity (Wildman–Crippen MR) is 65.9 cm³/mol. The lowest BCUT2D eigenvalue weighted by Crippen LogP contribution is -2.14. The van der Waals surface area contributed by atoms with Gasteiger partial charge in [-0.25, -0.2) is 10.8 Å². The standard InChI is InChI=1S/C11H20N4O2/c1-4-9-13-10(15-12)8(2)11(14-9)17-7-5-6-16-3/h4-7,12H2,1-3H3,(H,13,14,15). The fraction of sp³-hybridized carbons (Fsp3) is 0.636. The van der Waals surface area contributed by atoms with Gasteiger partial charge in [0.15, 0.2) is 0 Å². The summed E-state index contributed by atoms with van der Waals surface area (Å²) in [4.78, 5) is 8.59. The first-order valence-electron chi connectivity index (χ1n) is 5.68. The fourth-order valence-electron chi connectivity index (χ4n) is 1.35. The van der Waals surface area contributed by atoms with Crippen LogP contribution in [0, 0.1) is 6.92 Å². The first kappa shape index (κ1) is 13.7. The highest BCUT2D eigenvalue weighted by molar-refractivity contribution is 5.47. The zero-order valence-electron chi connectivity index (χ0n) is 10.6. The lowest BCUT2D eigenvalue weighted by Gasteiger charge is -2.12. The quantitative estimate of drug-likeness (QED) is 0.421. The second kappa shape index (κ2) is 7.03. The van der Waals surface area contributed by atoms with Gasteiger partial charge in [-0.3, -0.25) is 0 Å². The van der Waals surface area contributed by atoms with E-state index in [0.29, 0.717) is 30.7 Å². The second-order valence-electron chi connectivity index (χ2n) is 3.61. The number of hydrogen-bond donors (Lipinski definition) is 2. The van der Waals surface area contributed by atoms with Crippen LogP contribution in [0.4, 0.5) is 5.82 Å². The summed E-state index contributed by atoms with van der Waals surface area (Å²) in [7, 11) is 1.67. The van der Waals surface area contributed by atoms with E-state index in [1.54, 1.807) is 7.11 Å². The van der Waals surface area contributed by atoms with E-state index in [2.05, 4.69) is 15.4 Å². The molecule has 0 atom stereocenters. The van der Waals surface area contributed by atoms with Gasteiger partial charge in [0, 0.05) is 26.6 Å². The molecule has 0 spiro atoms. The number of methoxy groups -OCH3 is 1. The summed E-state index contributed by atoms with van der Waals surface area (Å²) in [5.41, 5.74) is 3.38. The van der Waals surface area contributed by atoms with Gasteiger partial charge in [-0.2, -0.15) is 4.98 Å². The molecule has 0 aliphatic carbocycles. The summed E-state index contributed by atoms with van der Waals surface area (Å²) >= 11 is 0. The van der Waals surface area contributed by atoms with E-state index < -0.39 is 0 Å². The highest BCUT2D eigenvalue weighted by Gasteiger charge is 2.10. The van der Waals surface area contributed by atoms with Crippen molar-refractivity contribution in [2.24, 2.45) is 5.84 Å². The Morgan fingerprint density at radius 3 is 2.65 bits per heavy atom. The minimum atomic E-state index is 0.568. The Kier molecular flexibility index (Phi) is 5.65. The molecule has 0 fully saturated rings. The van der Waals surface area contributed by atoms with Crippen molar-refractivity contribution >= 4 is 5.82 Å². The van der Waals surface area contributed by atoms with Gasteiger partial charge in [0.25, 0.3) is 0 Å². The van der Waals surface area contributed by atoms with Crippen molar-refractivity contribution in [2.45, 2.75) is 26.7 Å². The third-order valence-corrected chi connectivity index (χ3v) is 2.33. The fourth-order valence-corrected chi connectivity index (χ4v) is 1.35. The maximum absolute atomic E-state index is 5.60. The SMILES string of the molecule is CCc1nc(NN)c(C)c(OCCCOC)n1. The third kappa shape index (κ3) is 3.83. The smallest absolute Gasteiger partial charge is 0.221 e. The molecule has 6 heteroatoms. The molecule has 96 valence electrons.